The van der Waals surface area contributed by atoms with Crippen molar-refractivity contribution in [2.24, 2.45) is 5.10 Å². The van der Waals surface area contributed by atoms with E-state index < -0.39 is 4.33 Å². The summed E-state index contributed by atoms with van der Waals surface area (Å²) < 4.78 is -0.834. The minimum absolute atomic E-state index is 0.0310. The van der Waals surface area contributed by atoms with Crippen molar-refractivity contribution in [3.8, 4) is 0 Å². The molecule has 176 valence electrons. The number of hydrazone groups is 1. The molecule has 1 fully saturated rings. The number of amides is 1. The van der Waals surface area contributed by atoms with Gasteiger partial charge in [0.25, 0.3) is 5.91 Å². The second-order valence-electron chi connectivity index (χ2n) is 8.08. The van der Waals surface area contributed by atoms with Crippen LogP contribution in [0.1, 0.15) is 10.4 Å². The molecule has 0 N–H and O–H groups in total. The van der Waals surface area contributed by atoms with Crippen LogP contribution in [0.2, 0.25) is 0 Å². The van der Waals surface area contributed by atoms with Gasteiger partial charge in [-0.1, -0.05) is 90.6 Å². The van der Waals surface area contributed by atoms with E-state index in [-0.39, 0.29) is 5.91 Å². The van der Waals surface area contributed by atoms with Crippen molar-refractivity contribution >= 4 is 69.3 Å². The highest BCUT2D eigenvalue weighted by molar-refractivity contribution is 8.28. The van der Waals surface area contributed by atoms with Crippen molar-refractivity contribution in [3.05, 3.63) is 130 Å². The van der Waals surface area contributed by atoms with Gasteiger partial charge in [0.15, 0.2) is 0 Å². The third-order valence-corrected chi connectivity index (χ3v) is 9.19. The molecule has 2 aliphatic rings. The summed E-state index contributed by atoms with van der Waals surface area (Å²) in [6.07, 6.45) is 6.08. The van der Waals surface area contributed by atoms with E-state index in [1.54, 1.807) is 34.9 Å². The van der Waals surface area contributed by atoms with Crippen LogP contribution >= 0.6 is 34.9 Å². The Balaban J connectivity index is 1.47. The van der Waals surface area contributed by atoms with Gasteiger partial charge in [0.1, 0.15) is 5.04 Å². The minimum Gasteiger partial charge on any atom is -0.268 e. The van der Waals surface area contributed by atoms with Gasteiger partial charge >= 0.3 is 0 Å². The van der Waals surface area contributed by atoms with Crippen LogP contribution in [0.5, 0.6) is 0 Å². The number of thioether (sulfide) groups is 2. The van der Waals surface area contributed by atoms with Crippen molar-refractivity contribution in [1.29, 1.82) is 0 Å². The van der Waals surface area contributed by atoms with Gasteiger partial charge in [0.05, 0.1) is 10.6 Å². The molecule has 1 unspecified atom stereocenters. The van der Waals surface area contributed by atoms with E-state index in [2.05, 4.69) is 18.2 Å². The first kappa shape index (κ1) is 22.9. The summed E-state index contributed by atoms with van der Waals surface area (Å²) in [7, 11) is 0. The summed E-state index contributed by atoms with van der Waals surface area (Å²) in [5, 5.41) is 9.88. The summed E-state index contributed by atoms with van der Waals surface area (Å²) in [6, 6.07) is 34.1. The van der Waals surface area contributed by atoms with Crippen molar-refractivity contribution in [2.45, 2.75) is 4.33 Å². The standard InChI is InChI=1S/C29H21N3OS3/c33-28-26(21-25-17-10-20-34-25)35-29(31(28)23-13-6-2-7-14-23)32(24-15-8-3-9-16-24)30-27(36-29)19-18-22-11-4-1-5-12-22/h1-21H/b19-18+,26-21-. The molecule has 0 aliphatic carbocycles. The third-order valence-electron chi connectivity index (χ3n) is 5.69. The number of carbonyl (C=O) groups excluding carboxylic acids is 1. The topological polar surface area (TPSA) is 35.9 Å². The van der Waals surface area contributed by atoms with Gasteiger partial charge in [0.2, 0.25) is 4.33 Å². The molecule has 1 amide bonds. The Kier molecular flexibility index (Phi) is 6.27. The number of thiophene rings is 1. The molecule has 3 aromatic carbocycles. The smallest absolute Gasteiger partial charge is 0.268 e. The average molecular weight is 524 g/mol. The molecule has 3 heterocycles. The second kappa shape index (κ2) is 9.85. The number of para-hydroxylation sites is 2. The molecule has 2 aliphatic heterocycles. The Morgan fingerprint density at radius 3 is 2.06 bits per heavy atom. The summed E-state index contributed by atoms with van der Waals surface area (Å²) in [5.41, 5.74) is 2.86. The highest BCUT2D eigenvalue weighted by atomic mass is 32.2. The van der Waals surface area contributed by atoms with Crippen molar-refractivity contribution in [2.75, 3.05) is 9.91 Å². The highest BCUT2D eigenvalue weighted by Gasteiger charge is 2.58. The molecule has 1 aromatic heterocycles. The number of rotatable bonds is 5. The van der Waals surface area contributed by atoms with Gasteiger partial charge in [-0.3, -0.25) is 9.69 Å². The predicted molar refractivity (Wildman–Crippen MR) is 156 cm³/mol. The quantitative estimate of drug-likeness (QED) is 0.251. The highest BCUT2D eigenvalue weighted by Crippen LogP contribution is 2.59. The lowest BCUT2D eigenvalue weighted by molar-refractivity contribution is -0.114. The average Bonchev–Trinajstić information content (AvgIpc) is 3.63. The van der Waals surface area contributed by atoms with Crippen LogP contribution in [0.15, 0.2) is 125 Å². The van der Waals surface area contributed by atoms with Crippen LogP contribution < -0.4 is 9.91 Å². The molecule has 7 heteroatoms. The van der Waals surface area contributed by atoms with E-state index in [1.807, 2.05) is 118 Å². The first-order chi connectivity index (χ1) is 17.7. The van der Waals surface area contributed by atoms with Crippen LogP contribution in [-0.2, 0) is 4.79 Å². The van der Waals surface area contributed by atoms with E-state index >= 15 is 0 Å². The van der Waals surface area contributed by atoms with E-state index in [4.69, 9.17) is 5.10 Å². The van der Waals surface area contributed by atoms with Gasteiger partial charge < -0.3 is 0 Å². The molecule has 1 spiro atoms. The van der Waals surface area contributed by atoms with Gasteiger partial charge in [-0.2, -0.15) is 5.10 Å². The molecule has 0 saturated carbocycles. The first-order valence-corrected chi connectivity index (χ1v) is 13.9. The Labute approximate surface area is 222 Å². The monoisotopic (exact) mass is 523 g/mol. The fourth-order valence-electron chi connectivity index (χ4n) is 4.08. The molecule has 4 nitrogen and oxygen atoms in total. The molecule has 0 radical (unpaired) electrons. The number of benzene rings is 3. The molecule has 1 saturated heterocycles. The molecule has 1 atom stereocenters. The molecule has 36 heavy (non-hydrogen) atoms. The largest absolute Gasteiger partial charge is 0.268 e. The number of carbonyl (C=O) groups is 1. The lowest BCUT2D eigenvalue weighted by atomic mass is 10.2. The summed E-state index contributed by atoms with van der Waals surface area (Å²) in [6.45, 7) is 0. The van der Waals surface area contributed by atoms with Crippen LogP contribution in [0.3, 0.4) is 0 Å². The van der Waals surface area contributed by atoms with Crippen molar-refractivity contribution in [3.63, 3.8) is 0 Å². The van der Waals surface area contributed by atoms with Crippen LogP contribution in [0, 0.1) is 0 Å². The van der Waals surface area contributed by atoms with Crippen molar-refractivity contribution < 1.29 is 4.79 Å². The molecular weight excluding hydrogens is 503 g/mol. The van der Waals surface area contributed by atoms with Crippen LogP contribution in [0.4, 0.5) is 11.4 Å². The van der Waals surface area contributed by atoms with Gasteiger partial charge in [-0.15, -0.1) is 11.3 Å². The van der Waals surface area contributed by atoms with Gasteiger partial charge in [-0.25, -0.2) is 5.01 Å². The maximum atomic E-state index is 14.0. The Morgan fingerprint density at radius 1 is 0.722 bits per heavy atom. The van der Waals surface area contributed by atoms with E-state index in [9.17, 15) is 4.79 Å². The van der Waals surface area contributed by atoms with E-state index in [0.29, 0.717) is 4.91 Å². The fraction of sp³-hybridized carbons (Fsp3) is 0.0345. The van der Waals surface area contributed by atoms with E-state index in [1.165, 1.54) is 0 Å². The van der Waals surface area contributed by atoms with Gasteiger partial charge in [-0.05, 0) is 65.2 Å². The van der Waals surface area contributed by atoms with Gasteiger partial charge in [0, 0.05) is 10.6 Å². The molecule has 6 rings (SSSR count). The lowest BCUT2D eigenvalue weighted by Gasteiger charge is -2.38. The normalized spacial score (nSPS) is 20.7. The second-order valence-corrected chi connectivity index (χ2v) is 11.7. The Morgan fingerprint density at radius 2 is 1.39 bits per heavy atom. The molecular formula is C29H21N3OS3. The lowest BCUT2D eigenvalue weighted by Crippen LogP contribution is -2.51. The number of hydrogen-bond donors (Lipinski definition) is 0. The first-order valence-electron chi connectivity index (χ1n) is 11.4. The van der Waals surface area contributed by atoms with E-state index in [0.717, 1.165) is 26.9 Å². The zero-order chi connectivity index (χ0) is 24.4. The number of hydrogen-bond acceptors (Lipinski definition) is 6. The maximum absolute atomic E-state index is 14.0. The van der Waals surface area contributed by atoms with Crippen molar-refractivity contribution in [1.82, 2.24) is 0 Å². The zero-order valence-electron chi connectivity index (χ0n) is 19.1. The van der Waals surface area contributed by atoms with Crippen LogP contribution in [0.25, 0.3) is 12.2 Å². The number of anilines is 2. The molecule has 4 aromatic rings. The van der Waals surface area contributed by atoms with Crippen LogP contribution in [-0.4, -0.2) is 15.3 Å². The minimum atomic E-state index is -0.834. The third kappa shape index (κ3) is 4.30. The Bertz CT molecular complexity index is 1450. The SMILES string of the molecule is O=C1/C(=C/c2cccs2)SC2(SC(/C=C/c3ccccc3)=NN2c2ccccc2)N1c1ccccc1. The number of nitrogens with zero attached hydrogens (tertiary/aromatic N) is 3. The summed E-state index contributed by atoms with van der Waals surface area (Å²) >= 11 is 4.75. The zero-order valence-corrected chi connectivity index (χ0v) is 21.5. The predicted octanol–water partition coefficient (Wildman–Crippen LogP) is 7.76. The Hall–Kier alpha value is -3.52. The fourth-order valence-corrected chi connectivity index (χ4v) is 7.71. The summed E-state index contributed by atoms with van der Waals surface area (Å²) in [4.78, 5) is 17.6. The summed E-state index contributed by atoms with van der Waals surface area (Å²) in [5.74, 6) is -0.0310. The maximum Gasteiger partial charge on any atom is 0.268 e. The molecule has 0 bridgehead atoms.